The van der Waals surface area contributed by atoms with Crippen molar-refractivity contribution in [2.45, 2.75) is 13.8 Å². The van der Waals surface area contributed by atoms with Crippen LogP contribution in [0.3, 0.4) is 0 Å². The van der Waals surface area contributed by atoms with Crippen molar-refractivity contribution in [3.63, 3.8) is 0 Å². The average molecular weight is 364 g/mol. The SMILES string of the molecule is Cc1cc(C)cc(NC(=S)NNC(=O)COc2ccc(Cl)cc2)c1. The number of aryl methyl sites for hydroxylation is 2. The van der Waals surface area contributed by atoms with Crippen molar-refractivity contribution in [1.82, 2.24) is 10.9 Å². The zero-order chi connectivity index (χ0) is 17.5. The van der Waals surface area contributed by atoms with E-state index in [2.05, 4.69) is 22.2 Å². The van der Waals surface area contributed by atoms with E-state index in [1.54, 1.807) is 24.3 Å². The van der Waals surface area contributed by atoms with Gasteiger partial charge in [0.2, 0.25) is 0 Å². The third kappa shape index (κ3) is 6.06. The van der Waals surface area contributed by atoms with E-state index in [9.17, 15) is 4.79 Å². The Kier molecular flexibility index (Phi) is 6.40. The molecule has 0 spiro atoms. The number of amides is 1. The first-order valence-corrected chi connectivity index (χ1v) is 8.03. The summed E-state index contributed by atoms with van der Waals surface area (Å²) in [4.78, 5) is 11.7. The molecule has 0 fully saturated rings. The number of nitrogens with one attached hydrogen (secondary N) is 3. The second kappa shape index (κ2) is 8.52. The van der Waals surface area contributed by atoms with Crippen molar-refractivity contribution in [3.05, 3.63) is 58.6 Å². The van der Waals surface area contributed by atoms with Gasteiger partial charge in [0.05, 0.1) is 0 Å². The minimum atomic E-state index is -0.352. The van der Waals surface area contributed by atoms with Crippen LogP contribution in [-0.2, 0) is 4.79 Å². The van der Waals surface area contributed by atoms with Crippen molar-refractivity contribution < 1.29 is 9.53 Å². The van der Waals surface area contributed by atoms with Gasteiger partial charge in [0, 0.05) is 10.7 Å². The van der Waals surface area contributed by atoms with Crippen LogP contribution in [0.4, 0.5) is 5.69 Å². The molecule has 126 valence electrons. The summed E-state index contributed by atoms with van der Waals surface area (Å²) < 4.78 is 5.33. The van der Waals surface area contributed by atoms with Crippen LogP contribution in [0.25, 0.3) is 0 Å². The maximum Gasteiger partial charge on any atom is 0.276 e. The van der Waals surface area contributed by atoms with Crippen LogP contribution in [0.1, 0.15) is 11.1 Å². The van der Waals surface area contributed by atoms with E-state index in [0.29, 0.717) is 15.9 Å². The lowest BCUT2D eigenvalue weighted by Crippen LogP contribution is -2.45. The Balaban J connectivity index is 1.74. The number of thiocarbonyl (C=S) groups is 1. The maximum absolute atomic E-state index is 11.7. The van der Waals surface area contributed by atoms with E-state index in [-0.39, 0.29) is 12.5 Å². The van der Waals surface area contributed by atoms with Crippen molar-refractivity contribution in [2.24, 2.45) is 0 Å². The molecule has 3 N–H and O–H groups in total. The summed E-state index contributed by atoms with van der Waals surface area (Å²) in [6.45, 7) is 3.87. The molecule has 1 amide bonds. The Hall–Kier alpha value is -2.31. The number of ether oxygens (including phenoxy) is 1. The monoisotopic (exact) mass is 363 g/mol. The van der Waals surface area contributed by atoms with Crippen LogP contribution in [0.15, 0.2) is 42.5 Å². The molecule has 0 heterocycles. The molecule has 2 aromatic rings. The summed E-state index contributed by atoms with van der Waals surface area (Å²) in [5.41, 5.74) is 8.21. The van der Waals surface area contributed by atoms with E-state index in [4.69, 9.17) is 28.6 Å². The third-order valence-corrected chi connectivity index (χ3v) is 3.43. The van der Waals surface area contributed by atoms with Gasteiger partial charge in [0.1, 0.15) is 5.75 Å². The molecule has 0 unspecified atom stereocenters. The van der Waals surface area contributed by atoms with Gasteiger partial charge in [-0.2, -0.15) is 0 Å². The molecule has 2 rings (SSSR count). The Morgan fingerprint density at radius 3 is 2.33 bits per heavy atom. The van der Waals surface area contributed by atoms with Crippen molar-refractivity contribution in [1.29, 1.82) is 0 Å². The van der Waals surface area contributed by atoms with Crippen molar-refractivity contribution >= 4 is 40.5 Å². The molecule has 0 atom stereocenters. The standard InChI is InChI=1S/C17H18ClN3O2S/c1-11-7-12(2)9-14(8-11)19-17(24)21-20-16(22)10-23-15-5-3-13(18)4-6-15/h3-9H,10H2,1-2H3,(H,20,22)(H2,19,21,24). The van der Waals surface area contributed by atoms with Crippen LogP contribution in [0.2, 0.25) is 5.02 Å². The Bertz CT molecular complexity index is 715. The molecule has 0 saturated carbocycles. The number of anilines is 1. The minimum absolute atomic E-state index is 0.138. The van der Waals surface area contributed by atoms with Crippen molar-refractivity contribution in [3.8, 4) is 5.75 Å². The molecule has 0 aliphatic heterocycles. The van der Waals surface area contributed by atoms with Crippen LogP contribution in [0, 0.1) is 13.8 Å². The summed E-state index contributed by atoms with van der Waals surface area (Å²) >= 11 is 10.9. The third-order valence-electron chi connectivity index (χ3n) is 2.98. The number of benzene rings is 2. The number of carbonyl (C=O) groups excluding carboxylic acids is 1. The number of carbonyl (C=O) groups is 1. The Morgan fingerprint density at radius 2 is 1.71 bits per heavy atom. The lowest BCUT2D eigenvalue weighted by atomic mass is 10.1. The minimum Gasteiger partial charge on any atom is -0.484 e. The van der Waals surface area contributed by atoms with E-state index < -0.39 is 0 Å². The zero-order valence-electron chi connectivity index (χ0n) is 13.4. The fourth-order valence-corrected chi connectivity index (χ4v) is 2.35. The summed E-state index contributed by atoms with van der Waals surface area (Å²) in [7, 11) is 0. The molecule has 24 heavy (non-hydrogen) atoms. The highest BCUT2D eigenvalue weighted by Gasteiger charge is 2.04. The fraction of sp³-hybridized carbons (Fsp3) is 0.176. The van der Waals surface area contributed by atoms with Gasteiger partial charge in [-0.1, -0.05) is 17.7 Å². The number of halogens is 1. The molecule has 7 heteroatoms. The maximum atomic E-state index is 11.7. The molecule has 0 saturated heterocycles. The van der Waals surface area contributed by atoms with Crippen LogP contribution >= 0.6 is 23.8 Å². The van der Waals surface area contributed by atoms with E-state index in [0.717, 1.165) is 16.8 Å². The predicted molar refractivity (Wildman–Crippen MR) is 100 cm³/mol. The number of hydrazine groups is 1. The second-order valence-corrected chi connectivity index (χ2v) is 6.09. The molecule has 0 radical (unpaired) electrons. The average Bonchev–Trinajstić information content (AvgIpc) is 2.51. The van der Waals surface area contributed by atoms with Gasteiger partial charge < -0.3 is 10.1 Å². The van der Waals surface area contributed by atoms with Crippen LogP contribution in [-0.4, -0.2) is 17.6 Å². The Morgan fingerprint density at radius 1 is 1.08 bits per heavy atom. The smallest absolute Gasteiger partial charge is 0.276 e. The highest BCUT2D eigenvalue weighted by molar-refractivity contribution is 7.80. The van der Waals surface area contributed by atoms with E-state index in [1.807, 2.05) is 26.0 Å². The predicted octanol–water partition coefficient (Wildman–Crippen LogP) is 3.35. The second-order valence-electron chi connectivity index (χ2n) is 5.25. The van der Waals surface area contributed by atoms with Crippen LogP contribution < -0.4 is 20.9 Å². The number of hydrogen-bond acceptors (Lipinski definition) is 3. The summed E-state index contributed by atoms with van der Waals surface area (Å²) in [5.74, 6) is 0.208. The lowest BCUT2D eigenvalue weighted by molar-refractivity contribution is -0.123. The highest BCUT2D eigenvalue weighted by Crippen LogP contribution is 2.15. The zero-order valence-corrected chi connectivity index (χ0v) is 14.9. The molecule has 2 aromatic carbocycles. The lowest BCUT2D eigenvalue weighted by Gasteiger charge is -2.13. The highest BCUT2D eigenvalue weighted by atomic mass is 35.5. The molecule has 0 aliphatic carbocycles. The molecular formula is C17H18ClN3O2S. The molecule has 0 aromatic heterocycles. The first kappa shape index (κ1) is 18.0. The normalized spacial score (nSPS) is 9.96. The van der Waals surface area contributed by atoms with Gasteiger partial charge >= 0.3 is 0 Å². The quantitative estimate of drug-likeness (QED) is 0.574. The Labute approximate surface area is 151 Å². The summed E-state index contributed by atoms with van der Waals surface area (Å²) in [6.07, 6.45) is 0. The van der Waals surface area contributed by atoms with Crippen LogP contribution in [0.5, 0.6) is 5.75 Å². The van der Waals surface area contributed by atoms with Gasteiger partial charge in [0.15, 0.2) is 11.7 Å². The molecule has 5 nitrogen and oxygen atoms in total. The molecular weight excluding hydrogens is 346 g/mol. The van der Waals surface area contributed by atoms with Gasteiger partial charge in [-0.05, 0) is 73.6 Å². The fourth-order valence-electron chi connectivity index (χ4n) is 2.05. The van der Waals surface area contributed by atoms with Gasteiger partial charge in [-0.15, -0.1) is 0 Å². The number of rotatable bonds is 4. The van der Waals surface area contributed by atoms with Gasteiger partial charge in [0.25, 0.3) is 5.91 Å². The molecule has 0 aliphatic rings. The first-order valence-electron chi connectivity index (χ1n) is 7.25. The van der Waals surface area contributed by atoms with Crippen molar-refractivity contribution in [2.75, 3.05) is 11.9 Å². The molecule has 0 bridgehead atoms. The largest absolute Gasteiger partial charge is 0.484 e. The van der Waals surface area contributed by atoms with Gasteiger partial charge in [-0.3, -0.25) is 15.6 Å². The first-order chi connectivity index (χ1) is 11.4. The topological polar surface area (TPSA) is 62.4 Å². The summed E-state index contributed by atoms with van der Waals surface area (Å²) in [6, 6.07) is 12.8. The van der Waals surface area contributed by atoms with E-state index >= 15 is 0 Å². The number of hydrogen-bond donors (Lipinski definition) is 3. The van der Waals surface area contributed by atoms with Gasteiger partial charge in [-0.25, -0.2) is 0 Å². The summed E-state index contributed by atoms with van der Waals surface area (Å²) in [5, 5.41) is 3.91. The van der Waals surface area contributed by atoms with E-state index in [1.165, 1.54) is 0 Å².